The SMILES string of the molecule is N#Cc1cccc(NC(=O)NCC#Cc2ccccc2)c1. The molecule has 0 spiro atoms. The van der Waals surface area contributed by atoms with Crippen LogP contribution < -0.4 is 10.6 Å². The molecule has 0 heterocycles. The Morgan fingerprint density at radius 2 is 1.81 bits per heavy atom. The minimum absolute atomic E-state index is 0.249. The van der Waals surface area contributed by atoms with Gasteiger partial charge in [-0.15, -0.1) is 0 Å². The van der Waals surface area contributed by atoms with Crippen molar-refractivity contribution in [3.8, 4) is 17.9 Å². The molecule has 0 aliphatic rings. The Labute approximate surface area is 123 Å². The van der Waals surface area contributed by atoms with Gasteiger partial charge in [0.2, 0.25) is 0 Å². The Bertz CT molecular complexity index is 721. The Morgan fingerprint density at radius 1 is 1.05 bits per heavy atom. The summed E-state index contributed by atoms with van der Waals surface area (Å²) >= 11 is 0. The average Bonchev–Trinajstić information content (AvgIpc) is 2.53. The summed E-state index contributed by atoms with van der Waals surface area (Å²) in [6.07, 6.45) is 0. The van der Waals surface area contributed by atoms with Crippen LogP contribution in [0.4, 0.5) is 10.5 Å². The number of carbonyl (C=O) groups is 1. The highest BCUT2D eigenvalue weighted by atomic mass is 16.2. The summed E-state index contributed by atoms with van der Waals surface area (Å²) in [5.74, 6) is 5.81. The van der Waals surface area contributed by atoms with Gasteiger partial charge in [0.1, 0.15) is 0 Å². The lowest BCUT2D eigenvalue weighted by molar-refractivity contribution is 0.253. The molecule has 21 heavy (non-hydrogen) atoms. The van der Waals surface area contributed by atoms with Crippen LogP contribution in [0.5, 0.6) is 0 Å². The smallest absolute Gasteiger partial charge is 0.319 e. The van der Waals surface area contributed by atoms with E-state index in [1.165, 1.54) is 0 Å². The standard InChI is InChI=1S/C17H13N3O/c18-13-15-8-4-10-16(12-15)20-17(21)19-11-5-9-14-6-2-1-3-7-14/h1-4,6-8,10,12H,11H2,(H2,19,20,21). The van der Waals surface area contributed by atoms with E-state index in [1.807, 2.05) is 36.4 Å². The van der Waals surface area contributed by atoms with Crippen molar-refractivity contribution >= 4 is 11.7 Å². The zero-order valence-corrected chi connectivity index (χ0v) is 11.3. The molecule has 0 saturated carbocycles. The van der Waals surface area contributed by atoms with Gasteiger partial charge < -0.3 is 10.6 Å². The molecule has 0 fully saturated rings. The first kappa shape index (κ1) is 14.2. The van der Waals surface area contributed by atoms with Gasteiger partial charge >= 0.3 is 6.03 Å². The van der Waals surface area contributed by atoms with Gasteiger partial charge in [0.05, 0.1) is 18.2 Å². The van der Waals surface area contributed by atoms with E-state index in [0.717, 1.165) is 5.56 Å². The van der Waals surface area contributed by atoms with Crippen LogP contribution in [0.3, 0.4) is 0 Å². The predicted molar refractivity (Wildman–Crippen MR) is 81.5 cm³/mol. The summed E-state index contributed by atoms with van der Waals surface area (Å²) in [5, 5.41) is 14.1. The Morgan fingerprint density at radius 3 is 2.57 bits per heavy atom. The zero-order chi connectivity index (χ0) is 14.9. The third-order valence-corrected chi connectivity index (χ3v) is 2.59. The van der Waals surface area contributed by atoms with E-state index < -0.39 is 0 Å². The number of nitriles is 1. The van der Waals surface area contributed by atoms with Gasteiger partial charge in [0, 0.05) is 11.3 Å². The number of benzene rings is 2. The van der Waals surface area contributed by atoms with E-state index in [-0.39, 0.29) is 12.6 Å². The minimum atomic E-state index is -0.354. The van der Waals surface area contributed by atoms with E-state index in [9.17, 15) is 4.79 Å². The second kappa shape index (κ2) is 7.37. The molecule has 4 heteroatoms. The number of hydrogen-bond donors (Lipinski definition) is 2. The van der Waals surface area contributed by atoms with Crippen LogP contribution >= 0.6 is 0 Å². The molecule has 2 N–H and O–H groups in total. The molecule has 0 unspecified atom stereocenters. The molecule has 0 atom stereocenters. The van der Waals surface area contributed by atoms with Gasteiger partial charge in [-0.05, 0) is 30.3 Å². The second-order valence-electron chi connectivity index (χ2n) is 4.17. The highest BCUT2D eigenvalue weighted by Crippen LogP contribution is 2.09. The molecule has 2 aromatic carbocycles. The molecule has 2 amide bonds. The molecular weight excluding hydrogens is 262 g/mol. The van der Waals surface area contributed by atoms with Crippen LogP contribution in [0.1, 0.15) is 11.1 Å². The highest BCUT2D eigenvalue weighted by molar-refractivity contribution is 5.89. The number of urea groups is 1. The number of hydrogen-bond acceptors (Lipinski definition) is 2. The number of anilines is 1. The van der Waals surface area contributed by atoms with Gasteiger partial charge in [0.25, 0.3) is 0 Å². The van der Waals surface area contributed by atoms with Crippen LogP contribution in [0, 0.1) is 23.2 Å². The van der Waals surface area contributed by atoms with E-state index >= 15 is 0 Å². The summed E-state index contributed by atoms with van der Waals surface area (Å²) in [6, 6.07) is 17.9. The second-order valence-corrected chi connectivity index (χ2v) is 4.17. The number of rotatable bonds is 2. The Kier molecular flexibility index (Phi) is 4.98. The maximum atomic E-state index is 11.7. The van der Waals surface area contributed by atoms with Crippen LogP contribution in [-0.2, 0) is 0 Å². The topological polar surface area (TPSA) is 64.9 Å². The first-order valence-electron chi connectivity index (χ1n) is 6.37. The van der Waals surface area contributed by atoms with E-state index in [2.05, 4.69) is 22.5 Å². The minimum Gasteiger partial charge on any atom is -0.327 e. The molecule has 0 aliphatic heterocycles. The lowest BCUT2D eigenvalue weighted by Crippen LogP contribution is -2.28. The Hall–Kier alpha value is -3.24. The average molecular weight is 275 g/mol. The number of nitrogens with zero attached hydrogens (tertiary/aromatic N) is 1. The lowest BCUT2D eigenvalue weighted by atomic mass is 10.2. The Balaban J connectivity index is 1.83. The molecule has 0 aliphatic carbocycles. The molecule has 102 valence electrons. The molecule has 0 radical (unpaired) electrons. The summed E-state index contributed by atoms with van der Waals surface area (Å²) in [7, 11) is 0. The fraction of sp³-hybridized carbons (Fsp3) is 0.0588. The van der Waals surface area contributed by atoms with Crippen molar-refractivity contribution in [3.63, 3.8) is 0 Å². The first-order chi connectivity index (χ1) is 10.3. The number of nitrogens with one attached hydrogen (secondary N) is 2. The maximum Gasteiger partial charge on any atom is 0.319 e. The van der Waals surface area contributed by atoms with Gasteiger partial charge in [-0.25, -0.2) is 4.79 Å². The van der Waals surface area contributed by atoms with Crippen molar-refractivity contribution in [3.05, 3.63) is 65.7 Å². The fourth-order valence-corrected chi connectivity index (χ4v) is 1.63. The van der Waals surface area contributed by atoms with Crippen molar-refractivity contribution in [2.75, 3.05) is 11.9 Å². The molecule has 0 bridgehead atoms. The fourth-order valence-electron chi connectivity index (χ4n) is 1.63. The van der Waals surface area contributed by atoms with Crippen molar-refractivity contribution in [1.82, 2.24) is 5.32 Å². The van der Waals surface area contributed by atoms with Crippen LogP contribution in [0.2, 0.25) is 0 Å². The lowest BCUT2D eigenvalue weighted by Gasteiger charge is -2.05. The molecular formula is C17H13N3O. The van der Waals surface area contributed by atoms with Crippen molar-refractivity contribution in [2.24, 2.45) is 0 Å². The maximum absolute atomic E-state index is 11.7. The monoisotopic (exact) mass is 275 g/mol. The predicted octanol–water partition coefficient (Wildman–Crippen LogP) is 2.73. The van der Waals surface area contributed by atoms with Gasteiger partial charge in [-0.2, -0.15) is 5.26 Å². The summed E-state index contributed by atoms with van der Waals surface area (Å²) in [4.78, 5) is 11.7. The number of carbonyl (C=O) groups excluding carboxylic acids is 1. The third-order valence-electron chi connectivity index (χ3n) is 2.59. The molecule has 4 nitrogen and oxygen atoms in total. The van der Waals surface area contributed by atoms with Crippen molar-refractivity contribution in [1.29, 1.82) is 5.26 Å². The summed E-state index contributed by atoms with van der Waals surface area (Å²) in [5.41, 5.74) is 1.97. The summed E-state index contributed by atoms with van der Waals surface area (Å²) in [6.45, 7) is 0.249. The van der Waals surface area contributed by atoms with E-state index in [0.29, 0.717) is 11.3 Å². The first-order valence-corrected chi connectivity index (χ1v) is 6.37. The molecule has 2 aromatic rings. The van der Waals surface area contributed by atoms with Gasteiger partial charge in [0.15, 0.2) is 0 Å². The van der Waals surface area contributed by atoms with Gasteiger partial charge in [-0.1, -0.05) is 36.1 Å². The molecule has 0 saturated heterocycles. The summed E-state index contributed by atoms with van der Waals surface area (Å²) < 4.78 is 0. The highest BCUT2D eigenvalue weighted by Gasteiger charge is 2.00. The number of amides is 2. The zero-order valence-electron chi connectivity index (χ0n) is 11.3. The quantitative estimate of drug-likeness (QED) is 0.828. The van der Waals surface area contributed by atoms with E-state index in [4.69, 9.17) is 5.26 Å². The van der Waals surface area contributed by atoms with E-state index in [1.54, 1.807) is 24.3 Å². The van der Waals surface area contributed by atoms with Crippen molar-refractivity contribution in [2.45, 2.75) is 0 Å². The van der Waals surface area contributed by atoms with Crippen LogP contribution in [0.25, 0.3) is 0 Å². The largest absolute Gasteiger partial charge is 0.327 e. The third kappa shape index (κ3) is 4.74. The van der Waals surface area contributed by atoms with Crippen LogP contribution in [-0.4, -0.2) is 12.6 Å². The molecule has 0 aromatic heterocycles. The molecule has 2 rings (SSSR count). The normalized spacial score (nSPS) is 8.90. The van der Waals surface area contributed by atoms with Gasteiger partial charge in [-0.3, -0.25) is 0 Å². The van der Waals surface area contributed by atoms with Crippen LogP contribution in [0.15, 0.2) is 54.6 Å². The van der Waals surface area contributed by atoms with Crippen molar-refractivity contribution < 1.29 is 4.79 Å².